The maximum absolute atomic E-state index is 13.0. The molecule has 1 aliphatic carbocycles. The average Bonchev–Trinajstić information content (AvgIpc) is 2.77. The van der Waals surface area contributed by atoms with Crippen molar-refractivity contribution in [3.8, 4) is 11.8 Å². The first-order valence-corrected chi connectivity index (χ1v) is 7.13. The number of hydrogen-bond acceptors (Lipinski definition) is 3. The molecule has 1 aliphatic rings. The highest BCUT2D eigenvalue weighted by Crippen LogP contribution is 2.36. The van der Waals surface area contributed by atoms with Gasteiger partial charge in [0.2, 0.25) is 0 Å². The molecular formula is C15H13FN2S. The third kappa shape index (κ3) is 2.61. The van der Waals surface area contributed by atoms with Gasteiger partial charge in [0.25, 0.3) is 0 Å². The van der Waals surface area contributed by atoms with Gasteiger partial charge in [-0.2, -0.15) is 0 Å². The summed E-state index contributed by atoms with van der Waals surface area (Å²) in [6.45, 7) is 0. The van der Waals surface area contributed by atoms with Gasteiger partial charge in [-0.1, -0.05) is 12.3 Å². The third-order valence-corrected chi connectivity index (χ3v) is 4.13. The Hall–Kier alpha value is -1.86. The van der Waals surface area contributed by atoms with Crippen LogP contribution in [0.4, 0.5) is 10.1 Å². The van der Waals surface area contributed by atoms with E-state index < -0.39 is 5.82 Å². The second-order valence-electron chi connectivity index (χ2n) is 4.69. The first-order chi connectivity index (χ1) is 9.22. The van der Waals surface area contributed by atoms with Gasteiger partial charge in [0.1, 0.15) is 5.82 Å². The Morgan fingerprint density at radius 2 is 2.16 bits per heavy atom. The minimum Gasteiger partial charge on any atom is -0.396 e. The number of thiazole rings is 1. The molecular weight excluding hydrogens is 259 g/mol. The first-order valence-electron chi connectivity index (χ1n) is 6.25. The van der Waals surface area contributed by atoms with Crippen molar-refractivity contribution in [1.82, 2.24) is 4.98 Å². The summed E-state index contributed by atoms with van der Waals surface area (Å²) in [5.74, 6) is 6.20. The van der Waals surface area contributed by atoms with Crippen molar-refractivity contribution in [2.45, 2.75) is 25.2 Å². The van der Waals surface area contributed by atoms with Gasteiger partial charge in [-0.3, -0.25) is 0 Å². The highest BCUT2D eigenvalue weighted by Gasteiger charge is 2.21. The summed E-state index contributed by atoms with van der Waals surface area (Å²) in [4.78, 5) is 4.53. The Labute approximate surface area is 115 Å². The van der Waals surface area contributed by atoms with Gasteiger partial charge in [0, 0.05) is 16.9 Å². The Morgan fingerprint density at radius 3 is 2.84 bits per heavy atom. The monoisotopic (exact) mass is 272 g/mol. The summed E-state index contributed by atoms with van der Waals surface area (Å²) in [6, 6.07) is 4.50. The lowest BCUT2D eigenvalue weighted by Gasteiger charge is -2.22. The van der Waals surface area contributed by atoms with Gasteiger partial charge < -0.3 is 5.73 Å². The van der Waals surface area contributed by atoms with Crippen LogP contribution in [-0.4, -0.2) is 4.98 Å². The highest BCUT2D eigenvalue weighted by molar-refractivity contribution is 7.10. The first kappa shape index (κ1) is 12.2. The molecule has 1 saturated carbocycles. The highest BCUT2D eigenvalue weighted by atomic mass is 32.1. The van der Waals surface area contributed by atoms with E-state index in [-0.39, 0.29) is 5.69 Å². The van der Waals surface area contributed by atoms with Crippen molar-refractivity contribution in [1.29, 1.82) is 0 Å². The van der Waals surface area contributed by atoms with E-state index in [2.05, 4.69) is 22.2 Å². The summed E-state index contributed by atoms with van der Waals surface area (Å²) in [7, 11) is 0. The lowest BCUT2D eigenvalue weighted by Crippen LogP contribution is -2.08. The quantitative estimate of drug-likeness (QED) is 0.637. The predicted octanol–water partition coefficient (Wildman–Crippen LogP) is 3.53. The molecule has 2 N–H and O–H groups in total. The minimum absolute atomic E-state index is 0.126. The molecule has 1 fully saturated rings. The second kappa shape index (κ2) is 5.02. The molecule has 0 spiro atoms. The fourth-order valence-electron chi connectivity index (χ4n) is 1.98. The molecule has 19 heavy (non-hydrogen) atoms. The number of nitrogen functional groups attached to an aromatic ring is 1. The number of hydrogen-bond donors (Lipinski definition) is 1. The topological polar surface area (TPSA) is 38.9 Å². The molecule has 96 valence electrons. The van der Waals surface area contributed by atoms with Crippen LogP contribution < -0.4 is 5.73 Å². The van der Waals surface area contributed by atoms with Crippen LogP contribution in [0.3, 0.4) is 0 Å². The number of aromatic nitrogens is 1. The number of anilines is 1. The second-order valence-corrected chi connectivity index (χ2v) is 5.55. The van der Waals surface area contributed by atoms with E-state index in [0.29, 0.717) is 11.5 Å². The smallest absolute Gasteiger partial charge is 0.167 e. The van der Waals surface area contributed by atoms with E-state index in [9.17, 15) is 4.39 Å². The number of nitrogens with two attached hydrogens (primary N) is 1. The van der Waals surface area contributed by atoms with E-state index in [1.807, 2.05) is 0 Å². The predicted molar refractivity (Wildman–Crippen MR) is 75.5 cm³/mol. The van der Waals surface area contributed by atoms with Gasteiger partial charge in [-0.05, 0) is 37.0 Å². The SMILES string of the molecule is Nc1cc(C#Cc2nc(C3CCC3)cs2)ccc1F. The van der Waals surface area contributed by atoms with Gasteiger partial charge in [0.05, 0.1) is 11.4 Å². The summed E-state index contributed by atoms with van der Waals surface area (Å²) in [5.41, 5.74) is 7.50. The molecule has 0 amide bonds. The van der Waals surface area contributed by atoms with Crippen LogP contribution in [0.5, 0.6) is 0 Å². The van der Waals surface area contributed by atoms with Gasteiger partial charge in [-0.25, -0.2) is 9.37 Å². The molecule has 4 heteroatoms. The summed E-state index contributed by atoms with van der Waals surface area (Å²) in [5, 5.41) is 2.90. The van der Waals surface area contributed by atoms with Crippen LogP contribution in [0.15, 0.2) is 23.6 Å². The molecule has 3 rings (SSSR count). The molecule has 0 unspecified atom stereocenters. The standard InChI is InChI=1S/C15H13FN2S/c16-12-6-4-10(8-13(12)17)5-7-15-18-14(9-19-15)11-2-1-3-11/h4,6,8-9,11H,1-3,17H2. The van der Waals surface area contributed by atoms with E-state index in [1.165, 1.54) is 31.0 Å². The molecule has 0 radical (unpaired) electrons. The average molecular weight is 272 g/mol. The largest absolute Gasteiger partial charge is 0.396 e. The van der Waals surface area contributed by atoms with Gasteiger partial charge in [0.15, 0.2) is 5.01 Å². The molecule has 0 saturated heterocycles. The lowest BCUT2D eigenvalue weighted by atomic mass is 9.83. The molecule has 1 aromatic heterocycles. The Bertz CT molecular complexity index is 662. The zero-order valence-corrected chi connectivity index (χ0v) is 11.1. The molecule has 1 heterocycles. The van der Waals surface area contributed by atoms with Crippen molar-refractivity contribution in [3.63, 3.8) is 0 Å². The zero-order chi connectivity index (χ0) is 13.2. The zero-order valence-electron chi connectivity index (χ0n) is 10.3. The minimum atomic E-state index is -0.410. The Kier molecular flexibility index (Phi) is 3.22. The van der Waals surface area contributed by atoms with Gasteiger partial charge >= 0.3 is 0 Å². The molecule has 0 atom stereocenters. The van der Waals surface area contributed by atoms with Crippen LogP contribution >= 0.6 is 11.3 Å². The number of nitrogens with zero attached hydrogens (tertiary/aromatic N) is 1. The van der Waals surface area contributed by atoms with Crippen LogP contribution in [0.2, 0.25) is 0 Å². The van der Waals surface area contributed by atoms with Crippen molar-refractivity contribution < 1.29 is 4.39 Å². The fourth-order valence-corrected chi connectivity index (χ4v) is 2.73. The van der Waals surface area contributed by atoms with Crippen molar-refractivity contribution in [2.24, 2.45) is 0 Å². The Balaban J connectivity index is 1.78. The Morgan fingerprint density at radius 1 is 1.32 bits per heavy atom. The van der Waals surface area contributed by atoms with Crippen LogP contribution in [0, 0.1) is 17.7 Å². The van der Waals surface area contributed by atoms with Crippen molar-refractivity contribution in [3.05, 3.63) is 45.7 Å². The van der Waals surface area contributed by atoms with Crippen molar-refractivity contribution >= 4 is 17.0 Å². The van der Waals surface area contributed by atoms with Crippen LogP contribution in [0.1, 0.15) is 41.4 Å². The van der Waals surface area contributed by atoms with Gasteiger partial charge in [-0.15, -0.1) is 11.3 Å². The van der Waals surface area contributed by atoms with Crippen LogP contribution in [-0.2, 0) is 0 Å². The van der Waals surface area contributed by atoms with E-state index >= 15 is 0 Å². The normalized spacial score (nSPS) is 14.6. The van der Waals surface area contributed by atoms with E-state index in [1.54, 1.807) is 23.5 Å². The maximum atomic E-state index is 13.0. The summed E-state index contributed by atoms with van der Waals surface area (Å²) >= 11 is 1.56. The van der Waals surface area contributed by atoms with Crippen molar-refractivity contribution in [2.75, 3.05) is 5.73 Å². The molecule has 2 nitrogen and oxygen atoms in total. The lowest BCUT2D eigenvalue weighted by molar-refractivity contribution is 0.412. The number of rotatable bonds is 1. The molecule has 0 aliphatic heterocycles. The van der Waals surface area contributed by atoms with E-state index in [0.717, 1.165) is 5.01 Å². The maximum Gasteiger partial charge on any atom is 0.167 e. The third-order valence-electron chi connectivity index (χ3n) is 3.36. The number of halogens is 1. The molecule has 1 aromatic carbocycles. The summed E-state index contributed by atoms with van der Waals surface area (Å²) in [6.07, 6.45) is 3.79. The van der Waals surface area contributed by atoms with E-state index in [4.69, 9.17) is 5.73 Å². The summed E-state index contributed by atoms with van der Waals surface area (Å²) < 4.78 is 13.0. The number of benzene rings is 1. The molecule has 0 bridgehead atoms. The molecule has 2 aromatic rings. The van der Waals surface area contributed by atoms with Crippen LogP contribution in [0.25, 0.3) is 0 Å². The fraction of sp³-hybridized carbons (Fsp3) is 0.267.